The van der Waals surface area contributed by atoms with Crippen LogP contribution in [0, 0.1) is 0 Å². The van der Waals surface area contributed by atoms with Gasteiger partial charge in [-0.05, 0) is 13.8 Å². The first-order chi connectivity index (χ1) is 8.71. The molecule has 1 aliphatic heterocycles. The van der Waals surface area contributed by atoms with Gasteiger partial charge in [-0.3, -0.25) is 4.79 Å². The lowest BCUT2D eigenvalue weighted by atomic mass is 9.98. The molecular formula is C14H23N3OS. The van der Waals surface area contributed by atoms with Gasteiger partial charge in [0.1, 0.15) is 0 Å². The minimum atomic E-state index is -0.148. The quantitative estimate of drug-likeness (QED) is 0.906. The molecule has 1 aliphatic rings. The Morgan fingerprint density at radius 2 is 2.11 bits per heavy atom. The van der Waals surface area contributed by atoms with Gasteiger partial charge in [-0.1, -0.05) is 20.8 Å². The van der Waals surface area contributed by atoms with E-state index in [-0.39, 0.29) is 29.4 Å². The standard InChI is InChI=1S/C14H23N3OS/c1-8(2)17-11(18)6-9(15)12(17)10-7-19-13(16-10)14(3,4)5/h7-9,12H,6,15H2,1-5H3. The number of hydrogen-bond acceptors (Lipinski definition) is 4. The first-order valence-corrected chi connectivity index (χ1v) is 7.62. The fourth-order valence-corrected chi connectivity index (χ4v) is 3.45. The van der Waals surface area contributed by atoms with Gasteiger partial charge in [0, 0.05) is 29.3 Å². The van der Waals surface area contributed by atoms with Crippen LogP contribution in [0.5, 0.6) is 0 Å². The average molecular weight is 281 g/mol. The van der Waals surface area contributed by atoms with Gasteiger partial charge < -0.3 is 10.6 Å². The number of carbonyl (C=O) groups excluding carboxylic acids is 1. The zero-order chi connectivity index (χ0) is 14.4. The number of carbonyl (C=O) groups is 1. The third-order valence-corrected chi connectivity index (χ3v) is 4.71. The highest BCUT2D eigenvalue weighted by molar-refractivity contribution is 7.09. The molecule has 1 aromatic rings. The molecule has 2 unspecified atom stereocenters. The predicted molar refractivity (Wildman–Crippen MR) is 78.1 cm³/mol. The molecule has 1 saturated heterocycles. The van der Waals surface area contributed by atoms with Gasteiger partial charge in [-0.25, -0.2) is 4.98 Å². The van der Waals surface area contributed by atoms with Crippen LogP contribution in [0.15, 0.2) is 5.38 Å². The molecular weight excluding hydrogens is 258 g/mol. The molecule has 2 rings (SSSR count). The Kier molecular flexibility index (Phi) is 3.71. The molecule has 19 heavy (non-hydrogen) atoms. The summed E-state index contributed by atoms with van der Waals surface area (Å²) in [5.74, 6) is 0.137. The molecule has 0 radical (unpaired) electrons. The number of rotatable bonds is 2. The van der Waals surface area contributed by atoms with Crippen molar-refractivity contribution in [3.8, 4) is 0 Å². The van der Waals surface area contributed by atoms with Gasteiger partial charge >= 0.3 is 0 Å². The summed E-state index contributed by atoms with van der Waals surface area (Å²) in [4.78, 5) is 18.6. The van der Waals surface area contributed by atoms with E-state index in [9.17, 15) is 4.79 Å². The summed E-state index contributed by atoms with van der Waals surface area (Å²) in [6, 6.07) is -0.0597. The van der Waals surface area contributed by atoms with E-state index < -0.39 is 0 Å². The van der Waals surface area contributed by atoms with Gasteiger partial charge in [-0.15, -0.1) is 11.3 Å². The van der Waals surface area contributed by atoms with Crippen LogP contribution < -0.4 is 5.73 Å². The second kappa shape index (κ2) is 4.87. The summed E-state index contributed by atoms with van der Waals surface area (Å²) in [6.07, 6.45) is 0.422. The van der Waals surface area contributed by atoms with E-state index in [2.05, 4.69) is 26.2 Å². The van der Waals surface area contributed by atoms with Crippen molar-refractivity contribution in [2.75, 3.05) is 0 Å². The summed E-state index contributed by atoms with van der Waals surface area (Å²) in [5.41, 5.74) is 7.14. The lowest BCUT2D eigenvalue weighted by molar-refractivity contribution is -0.130. The maximum Gasteiger partial charge on any atom is 0.225 e. The van der Waals surface area contributed by atoms with Crippen LogP contribution in [0.3, 0.4) is 0 Å². The normalized spacial score (nSPS) is 24.6. The van der Waals surface area contributed by atoms with E-state index in [1.807, 2.05) is 18.7 Å². The first kappa shape index (κ1) is 14.5. The Bertz CT molecular complexity index is 475. The van der Waals surface area contributed by atoms with Crippen LogP contribution in [0.2, 0.25) is 0 Å². The molecule has 0 aromatic carbocycles. The summed E-state index contributed by atoms with van der Waals surface area (Å²) in [7, 11) is 0. The summed E-state index contributed by atoms with van der Waals surface area (Å²) in [5, 5.41) is 3.15. The second-order valence-electron chi connectivity index (χ2n) is 6.54. The Labute approximate surface area is 119 Å². The van der Waals surface area contributed by atoms with Gasteiger partial charge in [0.2, 0.25) is 5.91 Å². The van der Waals surface area contributed by atoms with E-state index in [0.717, 1.165) is 10.7 Å². The lowest BCUT2D eigenvalue weighted by Gasteiger charge is -2.29. The van der Waals surface area contributed by atoms with Crippen LogP contribution in [-0.4, -0.2) is 27.9 Å². The van der Waals surface area contributed by atoms with Crippen molar-refractivity contribution < 1.29 is 4.79 Å². The molecule has 4 nitrogen and oxygen atoms in total. The number of likely N-dealkylation sites (tertiary alicyclic amines) is 1. The maximum atomic E-state index is 12.0. The van der Waals surface area contributed by atoms with Crippen molar-refractivity contribution in [3.05, 3.63) is 16.1 Å². The van der Waals surface area contributed by atoms with E-state index in [1.54, 1.807) is 11.3 Å². The minimum absolute atomic E-state index is 0.0400. The number of nitrogens with zero attached hydrogens (tertiary/aromatic N) is 2. The van der Waals surface area contributed by atoms with Gasteiger partial charge in [0.05, 0.1) is 16.7 Å². The van der Waals surface area contributed by atoms with Gasteiger partial charge in [-0.2, -0.15) is 0 Å². The highest BCUT2D eigenvalue weighted by Gasteiger charge is 2.41. The van der Waals surface area contributed by atoms with E-state index >= 15 is 0 Å². The summed E-state index contributed by atoms with van der Waals surface area (Å²) < 4.78 is 0. The largest absolute Gasteiger partial charge is 0.330 e. The number of nitrogens with two attached hydrogens (primary N) is 1. The van der Waals surface area contributed by atoms with Gasteiger partial charge in [0.15, 0.2) is 0 Å². The Hall–Kier alpha value is -0.940. The fraction of sp³-hybridized carbons (Fsp3) is 0.714. The highest BCUT2D eigenvalue weighted by Crippen LogP contribution is 2.36. The Balaban J connectivity index is 2.34. The average Bonchev–Trinajstić information content (AvgIpc) is 2.81. The number of aromatic nitrogens is 1. The zero-order valence-corrected chi connectivity index (χ0v) is 13.1. The van der Waals surface area contributed by atoms with Crippen LogP contribution in [0.1, 0.15) is 57.8 Å². The number of amides is 1. The van der Waals surface area contributed by atoms with Crippen molar-refractivity contribution in [3.63, 3.8) is 0 Å². The van der Waals surface area contributed by atoms with Crippen molar-refractivity contribution in [1.82, 2.24) is 9.88 Å². The topological polar surface area (TPSA) is 59.2 Å². The van der Waals surface area contributed by atoms with Crippen molar-refractivity contribution in [2.45, 2.75) is 64.6 Å². The number of hydrogen-bond donors (Lipinski definition) is 1. The molecule has 1 aromatic heterocycles. The van der Waals surface area contributed by atoms with Crippen LogP contribution >= 0.6 is 11.3 Å². The Morgan fingerprint density at radius 3 is 2.58 bits per heavy atom. The van der Waals surface area contributed by atoms with Crippen LogP contribution in [0.25, 0.3) is 0 Å². The van der Waals surface area contributed by atoms with Crippen LogP contribution in [-0.2, 0) is 10.2 Å². The molecule has 1 amide bonds. The maximum absolute atomic E-state index is 12.0. The smallest absolute Gasteiger partial charge is 0.225 e. The molecule has 0 saturated carbocycles. The van der Waals surface area contributed by atoms with Crippen LogP contribution in [0.4, 0.5) is 0 Å². The summed E-state index contributed by atoms with van der Waals surface area (Å²) >= 11 is 1.66. The molecule has 0 bridgehead atoms. The van der Waals surface area contributed by atoms with E-state index in [4.69, 9.17) is 10.7 Å². The van der Waals surface area contributed by atoms with E-state index in [1.165, 1.54) is 0 Å². The van der Waals surface area contributed by atoms with Gasteiger partial charge in [0.25, 0.3) is 0 Å². The summed E-state index contributed by atoms with van der Waals surface area (Å²) in [6.45, 7) is 10.5. The zero-order valence-electron chi connectivity index (χ0n) is 12.3. The molecule has 0 spiro atoms. The highest BCUT2D eigenvalue weighted by atomic mass is 32.1. The third-order valence-electron chi connectivity index (χ3n) is 3.43. The lowest BCUT2D eigenvalue weighted by Crippen LogP contribution is -2.37. The first-order valence-electron chi connectivity index (χ1n) is 6.74. The minimum Gasteiger partial charge on any atom is -0.330 e. The Morgan fingerprint density at radius 1 is 1.47 bits per heavy atom. The number of thiazole rings is 1. The molecule has 2 heterocycles. The molecule has 5 heteroatoms. The predicted octanol–water partition coefficient (Wildman–Crippen LogP) is 2.45. The molecule has 2 atom stereocenters. The van der Waals surface area contributed by atoms with Crippen molar-refractivity contribution in [1.29, 1.82) is 0 Å². The molecule has 0 aliphatic carbocycles. The molecule has 2 N–H and O–H groups in total. The monoisotopic (exact) mass is 281 g/mol. The van der Waals surface area contributed by atoms with Crippen molar-refractivity contribution >= 4 is 17.2 Å². The SMILES string of the molecule is CC(C)N1C(=O)CC(N)C1c1csc(C(C)(C)C)n1. The van der Waals surface area contributed by atoms with Crippen molar-refractivity contribution in [2.24, 2.45) is 5.73 Å². The third kappa shape index (κ3) is 2.67. The second-order valence-corrected chi connectivity index (χ2v) is 7.39. The fourth-order valence-electron chi connectivity index (χ4n) is 2.52. The van der Waals surface area contributed by atoms with E-state index in [0.29, 0.717) is 6.42 Å². The molecule has 1 fully saturated rings. The molecule has 106 valence electrons.